The lowest BCUT2D eigenvalue weighted by Gasteiger charge is -2.24. The van der Waals surface area contributed by atoms with E-state index in [1.54, 1.807) is 22.0 Å². The van der Waals surface area contributed by atoms with Gasteiger partial charge in [0.15, 0.2) is 0 Å². The summed E-state index contributed by atoms with van der Waals surface area (Å²) in [4.78, 5) is 3.81. The Balaban J connectivity index is 1.88. The zero-order valence-electron chi connectivity index (χ0n) is 13.5. The van der Waals surface area contributed by atoms with Crippen LogP contribution in [0.2, 0.25) is 0 Å². The maximum absolute atomic E-state index is 14.2. The molecule has 2 N–H and O–H groups in total. The van der Waals surface area contributed by atoms with Crippen molar-refractivity contribution >= 4 is 17.4 Å². The summed E-state index contributed by atoms with van der Waals surface area (Å²) in [5, 5.41) is 4.23. The van der Waals surface area contributed by atoms with Gasteiger partial charge in [0.25, 0.3) is 0 Å². The SMILES string of the molecule is CN(C)CCn1cc(N2C=C(N)SC2c2c(F)cccc2F)cn1. The lowest BCUT2D eigenvalue weighted by Crippen LogP contribution is -2.19. The van der Waals surface area contributed by atoms with Crippen LogP contribution in [0.1, 0.15) is 10.9 Å². The first-order valence-corrected chi connectivity index (χ1v) is 8.37. The lowest BCUT2D eigenvalue weighted by molar-refractivity contribution is 0.373. The van der Waals surface area contributed by atoms with Crippen molar-refractivity contribution in [2.45, 2.75) is 11.9 Å². The van der Waals surface area contributed by atoms with Gasteiger partial charge in [-0.3, -0.25) is 4.68 Å². The molecule has 3 rings (SSSR count). The number of aromatic nitrogens is 2. The van der Waals surface area contributed by atoms with E-state index in [2.05, 4.69) is 10.00 Å². The van der Waals surface area contributed by atoms with E-state index >= 15 is 0 Å². The van der Waals surface area contributed by atoms with Gasteiger partial charge in [-0.15, -0.1) is 0 Å². The molecular weight excluding hydrogens is 332 g/mol. The molecule has 5 nitrogen and oxygen atoms in total. The Labute approximate surface area is 143 Å². The van der Waals surface area contributed by atoms with Crippen LogP contribution in [0.25, 0.3) is 0 Å². The second kappa shape index (κ2) is 6.82. The molecule has 0 saturated carbocycles. The molecule has 2 aromatic rings. The number of anilines is 1. The number of nitrogens with two attached hydrogens (primary N) is 1. The molecule has 1 aromatic heterocycles. The summed E-state index contributed by atoms with van der Waals surface area (Å²) in [5.41, 5.74) is 6.64. The predicted octanol–water partition coefficient (Wildman–Crippen LogP) is 2.73. The van der Waals surface area contributed by atoms with Crippen molar-refractivity contribution in [1.82, 2.24) is 14.7 Å². The Kier molecular flexibility index (Phi) is 4.77. The molecule has 1 aliphatic heterocycles. The minimum atomic E-state index is -0.585. The summed E-state index contributed by atoms with van der Waals surface area (Å²) in [7, 11) is 3.98. The first kappa shape index (κ1) is 16.8. The van der Waals surface area contributed by atoms with Crippen molar-refractivity contribution < 1.29 is 8.78 Å². The molecule has 2 heterocycles. The summed E-state index contributed by atoms with van der Waals surface area (Å²) in [6.45, 7) is 1.57. The second-order valence-electron chi connectivity index (χ2n) is 5.81. The van der Waals surface area contributed by atoms with Gasteiger partial charge in [0.05, 0.1) is 29.0 Å². The smallest absolute Gasteiger partial charge is 0.132 e. The summed E-state index contributed by atoms with van der Waals surface area (Å²) in [5.74, 6) is -1.17. The molecule has 1 atom stereocenters. The zero-order chi connectivity index (χ0) is 17.3. The normalized spacial score (nSPS) is 17.6. The van der Waals surface area contributed by atoms with Gasteiger partial charge in [-0.05, 0) is 26.2 Å². The minimum absolute atomic E-state index is 0.000224. The highest BCUT2D eigenvalue weighted by Gasteiger charge is 2.32. The third-order valence-corrected chi connectivity index (χ3v) is 4.77. The van der Waals surface area contributed by atoms with E-state index in [1.165, 1.54) is 30.0 Å². The highest BCUT2D eigenvalue weighted by molar-refractivity contribution is 8.03. The molecule has 24 heavy (non-hydrogen) atoms. The average molecular weight is 351 g/mol. The van der Waals surface area contributed by atoms with Gasteiger partial charge in [-0.25, -0.2) is 8.78 Å². The fourth-order valence-corrected chi connectivity index (χ4v) is 3.56. The highest BCUT2D eigenvalue weighted by Crippen LogP contribution is 2.45. The van der Waals surface area contributed by atoms with E-state index in [4.69, 9.17) is 5.73 Å². The van der Waals surface area contributed by atoms with Crippen LogP contribution in [0.15, 0.2) is 41.8 Å². The molecule has 1 aromatic carbocycles. The van der Waals surface area contributed by atoms with E-state index in [-0.39, 0.29) is 5.56 Å². The quantitative estimate of drug-likeness (QED) is 0.898. The first-order valence-electron chi connectivity index (χ1n) is 7.49. The first-order chi connectivity index (χ1) is 11.5. The molecule has 0 aliphatic carbocycles. The zero-order valence-corrected chi connectivity index (χ0v) is 14.3. The van der Waals surface area contributed by atoms with Gasteiger partial charge in [0, 0.05) is 18.9 Å². The second-order valence-corrected chi connectivity index (χ2v) is 6.96. The Morgan fingerprint density at radius 3 is 2.67 bits per heavy atom. The van der Waals surface area contributed by atoms with Crippen LogP contribution in [0.3, 0.4) is 0 Å². The number of rotatable bonds is 5. The van der Waals surface area contributed by atoms with Crippen LogP contribution in [0.5, 0.6) is 0 Å². The molecule has 0 spiro atoms. The lowest BCUT2D eigenvalue weighted by atomic mass is 10.2. The number of hydrogen-bond donors (Lipinski definition) is 1. The number of thioether (sulfide) groups is 1. The largest absolute Gasteiger partial charge is 0.392 e. The fourth-order valence-electron chi connectivity index (χ4n) is 2.49. The number of benzene rings is 1. The van der Waals surface area contributed by atoms with Gasteiger partial charge in [-0.2, -0.15) is 5.10 Å². The number of hydrogen-bond acceptors (Lipinski definition) is 5. The van der Waals surface area contributed by atoms with Crippen molar-refractivity contribution in [3.8, 4) is 0 Å². The maximum atomic E-state index is 14.2. The van der Waals surface area contributed by atoms with Crippen molar-refractivity contribution in [3.05, 3.63) is 59.0 Å². The molecule has 1 unspecified atom stereocenters. The van der Waals surface area contributed by atoms with Crippen LogP contribution in [-0.4, -0.2) is 35.3 Å². The number of nitrogens with zero attached hydrogens (tertiary/aromatic N) is 4. The van der Waals surface area contributed by atoms with Crippen molar-refractivity contribution in [3.63, 3.8) is 0 Å². The Morgan fingerprint density at radius 1 is 1.29 bits per heavy atom. The topological polar surface area (TPSA) is 50.3 Å². The number of likely N-dealkylation sites (N-methyl/N-ethyl adjacent to an activating group) is 1. The maximum Gasteiger partial charge on any atom is 0.132 e. The van der Waals surface area contributed by atoms with Gasteiger partial charge in [0.1, 0.15) is 17.0 Å². The van der Waals surface area contributed by atoms with Crippen molar-refractivity contribution in [2.24, 2.45) is 5.73 Å². The summed E-state index contributed by atoms with van der Waals surface area (Å²) >= 11 is 1.22. The molecule has 0 amide bonds. The van der Waals surface area contributed by atoms with E-state index in [9.17, 15) is 8.78 Å². The third-order valence-electron chi connectivity index (χ3n) is 3.71. The molecule has 128 valence electrons. The molecule has 0 bridgehead atoms. The van der Waals surface area contributed by atoms with Crippen LogP contribution in [0, 0.1) is 11.6 Å². The van der Waals surface area contributed by atoms with Crippen molar-refractivity contribution in [1.29, 1.82) is 0 Å². The van der Waals surface area contributed by atoms with Crippen LogP contribution in [0.4, 0.5) is 14.5 Å². The summed E-state index contributed by atoms with van der Waals surface area (Å²) in [6, 6.07) is 3.87. The Morgan fingerprint density at radius 2 is 2.00 bits per heavy atom. The molecule has 1 aliphatic rings. The van der Waals surface area contributed by atoms with Gasteiger partial charge >= 0.3 is 0 Å². The monoisotopic (exact) mass is 351 g/mol. The summed E-state index contributed by atoms with van der Waals surface area (Å²) in [6.07, 6.45) is 5.22. The van der Waals surface area contributed by atoms with E-state index < -0.39 is 17.0 Å². The fraction of sp³-hybridized carbons (Fsp3) is 0.312. The van der Waals surface area contributed by atoms with Gasteiger partial charge in [-0.1, -0.05) is 17.8 Å². The van der Waals surface area contributed by atoms with Gasteiger partial charge < -0.3 is 15.5 Å². The van der Waals surface area contributed by atoms with Crippen LogP contribution >= 0.6 is 11.8 Å². The van der Waals surface area contributed by atoms with E-state index in [0.29, 0.717) is 5.03 Å². The van der Waals surface area contributed by atoms with E-state index in [1.807, 2.05) is 20.3 Å². The molecular formula is C16H19F2N5S. The average Bonchev–Trinajstić information content (AvgIpc) is 3.11. The van der Waals surface area contributed by atoms with Crippen molar-refractivity contribution in [2.75, 3.05) is 25.5 Å². The highest BCUT2D eigenvalue weighted by atomic mass is 32.2. The standard InChI is InChI=1S/C16H19F2N5S/c1-21(2)6-7-22-9-11(8-20-22)23-10-14(19)24-16(23)15-12(17)4-3-5-13(15)18/h3-5,8-10,16H,6-7,19H2,1-2H3. The van der Waals surface area contributed by atoms with Gasteiger partial charge in [0.2, 0.25) is 0 Å². The third kappa shape index (κ3) is 3.39. The van der Waals surface area contributed by atoms with Crippen LogP contribution < -0.4 is 10.6 Å². The molecule has 8 heteroatoms. The Hall–Kier alpha value is -2.06. The molecule has 0 radical (unpaired) electrons. The predicted molar refractivity (Wildman–Crippen MR) is 92.2 cm³/mol. The number of halogens is 2. The van der Waals surface area contributed by atoms with Crippen LogP contribution in [-0.2, 0) is 6.54 Å². The Bertz CT molecular complexity index is 738. The minimum Gasteiger partial charge on any atom is -0.392 e. The molecule has 0 fully saturated rings. The summed E-state index contributed by atoms with van der Waals surface area (Å²) < 4.78 is 30.1. The molecule has 0 saturated heterocycles. The van der Waals surface area contributed by atoms with E-state index in [0.717, 1.165) is 18.8 Å².